The van der Waals surface area contributed by atoms with Crippen molar-refractivity contribution in [1.82, 2.24) is 5.43 Å². The van der Waals surface area contributed by atoms with Crippen LogP contribution in [0, 0.1) is 0 Å². The molecule has 1 aromatic carbocycles. The predicted molar refractivity (Wildman–Crippen MR) is 85.8 cm³/mol. The molecule has 1 atom stereocenters. The van der Waals surface area contributed by atoms with Gasteiger partial charge in [-0.3, -0.25) is 5.01 Å². The number of nitrogens with one attached hydrogen (secondary N) is 1. The van der Waals surface area contributed by atoms with Crippen molar-refractivity contribution >= 4 is 23.6 Å². The normalized spacial score (nSPS) is 17.6. The molecule has 1 saturated heterocycles. The van der Waals surface area contributed by atoms with Crippen molar-refractivity contribution in [3.05, 3.63) is 24.3 Å². The topological polar surface area (TPSA) is 114 Å². The fraction of sp³-hybridized carbons (Fsp3) is 0.438. The highest BCUT2D eigenvalue weighted by atomic mass is 16.6. The van der Waals surface area contributed by atoms with E-state index in [0.717, 1.165) is 0 Å². The van der Waals surface area contributed by atoms with E-state index < -0.39 is 36.2 Å². The van der Waals surface area contributed by atoms with E-state index in [-0.39, 0.29) is 6.73 Å². The Kier molecular flexibility index (Phi) is 5.48. The zero-order valence-corrected chi connectivity index (χ0v) is 14.1. The minimum absolute atomic E-state index is 0.0898. The molecule has 0 bridgehead atoms. The second-order valence-corrected chi connectivity index (χ2v) is 6.29. The molecule has 1 fully saturated rings. The van der Waals surface area contributed by atoms with Gasteiger partial charge in [-0.1, -0.05) is 0 Å². The molecule has 2 rings (SSSR count). The highest BCUT2D eigenvalue weighted by Crippen LogP contribution is 2.21. The summed E-state index contributed by atoms with van der Waals surface area (Å²) >= 11 is 0. The van der Waals surface area contributed by atoms with Crippen LogP contribution in [0.25, 0.3) is 0 Å². The average molecular weight is 352 g/mol. The van der Waals surface area contributed by atoms with Gasteiger partial charge in [0.05, 0.1) is 5.69 Å². The summed E-state index contributed by atoms with van der Waals surface area (Å²) in [6, 6.07) is 5.14. The molecule has 0 amide bonds. The zero-order valence-electron chi connectivity index (χ0n) is 14.1. The number of carboxylic acids is 1. The van der Waals surface area contributed by atoms with Gasteiger partial charge < -0.3 is 19.3 Å². The first-order chi connectivity index (χ1) is 11.7. The molecule has 0 radical (unpaired) electrons. The van der Waals surface area contributed by atoms with Crippen LogP contribution in [0.4, 0.5) is 5.69 Å². The Bertz CT molecular complexity index is 651. The Morgan fingerprint density at radius 2 is 1.96 bits per heavy atom. The maximum absolute atomic E-state index is 12.1. The molecule has 1 unspecified atom stereocenters. The third-order valence-corrected chi connectivity index (χ3v) is 3.01. The van der Waals surface area contributed by atoms with E-state index >= 15 is 0 Å². The molecule has 2 N–H and O–H groups in total. The van der Waals surface area contributed by atoms with E-state index in [0.29, 0.717) is 11.4 Å². The SMILES string of the molecule is CC(C)(C)OC(=O)C1NN(c2ccc(OCC(=O)O)cc2)COC1=O. The standard InChI is InChI=1S/C16H20N2O7/c1-16(2,3)25-15(22)13-14(21)24-9-18(17-13)10-4-6-11(7-5-10)23-8-12(19)20/h4-7,13,17H,8-9H2,1-3H3,(H,19,20). The molecule has 1 aliphatic heterocycles. The molecule has 9 heteroatoms. The second kappa shape index (κ2) is 7.39. The van der Waals surface area contributed by atoms with Crippen LogP contribution >= 0.6 is 0 Å². The van der Waals surface area contributed by atoms with E-state index in [1.165, 1.54) is 5.01 Å². The molecule has 0 spiro atoms. The molecule has 0 aromatic heterocycles. The summed E-state index contributed by atoms with van der Waals surface area (Å²) < 4.78 is 15.3. The van der Waals surface area contributed by atoms with E-state index in [2.05, 4.69) is 5.43 Å². The summed E-state index contributed by atoms with van der Waals surface area (Å²) in [6.45, 7) is 4.57. The largest absolute Gasteiger partial charge is 0.482 e. The molecule has 25 heavy (non-hydrogen) atoms. The first-order valence-electron chi connectivity index (χ1n) is 7.53. The molecule has 136 valence electrons. The number of hydrazine groups is 1. The second-order valence-electron chi connectivity index (χ2n) is 6.29. The zero-order chi connectivity index (χ0) is 18.6. The molecule has 1 heterocycles. The van der Waals surface area contributed by atoms with Crippen LogP contribution in [-0.4, -0.2) is 48.0 Å². The van der Waals surface area contributed by atoms with Crippen molar-refractivity contribution in [1.29, 1.82) is 0 Å². The Morgan fingerprint density at radius 3 is 2.52 bits per heavy atom. The number of carbonyl (C=O) groups is 3. The summed E-state index contributed by atoms with van der Waals surface area (Å²) in [5.41, 5.74) is 2.63. The number of rotatable bonds is 5. The highest BCUT2D eigenvalue weighted by molar-refractivity contribution is 6.00. The molecule has 0 aliphatic carbocycles. The molecular weight excluding hydrogens is 332 g/mol. The highest BCUT2D eigenvalue weighted by Gasteiger charge is 2.37. The number of carbonyl (C=O) groups excluding carboxylic acids is 2. The summed E-state index contributed by atoms with van der Waals surface area (Å²) in [5.74, 6) is -2.15. The molecule has 1 aromatic rings. The van der Waals surface area contributed by atoms with Gasteiger partial charge in [-0.05, 0) is 45.0 Å². The number of anilines is 1. The maximum atomic E-state index is 12.1. The smallest absolute Gasteiger partial charge is 0.341 e. The maximum Gasteiger partial charge on any atom is 0.341 e. The molecule has 9 nitrogen and oxygen atoms in total. The Morgan fingerprint density at radius 1 is 1.32 bits per heavy atom. The van der Waals surface area contributed by atoms with Gasteiger partial charge in [0.25, 0.3) is 0 Å². The lowest BCUT2D eigenvalue weighted by molar-refractivity contribution is -0.168. The van der Waals surface area contributed by atoms with Gasteiger partial charge in [0.2, 0.25) is 6.04 Å². The van der Waals surface area contributed by atoms with Crippen LogP contribution in [-0.2, 0) is 23.9 Å². The first-order valence-corrected chi connectivity index (χ1v) is 7.53. The predicted octanol–water partition coefficient (Wildman–Crippen LogP) is 0.686. The van der Waals surface area contributed by atoms with Crippen LogP contribution in [0.2, 0.25) is 0 Å². The van der Waals surface area contributed by atoms with Crippen molar-refractivity contribution in [2.75, 3.05) is 18.3 Å². The average Bonchev–Trinajstić information content (AvgIpc) is 2.52. The van der Waals surface area contributed by atoms with Crippen molar-refractivity contribution in [3.8, 4) is 5.75 Å². The number of nitrogens with zero attached hydrogens (tertiary/aromatic N) is 1. The van der Waals surface area contributed by atoms with Gasteiger partial charge in [0.15, 0.2) is 13.3 Å². The minimum atomic E-state index is -1.27. The van der Waals surface area contributed by atoms with Gasteiger partial charge in [0, 0.05) is 0 Å². The summed E-state index contributed by atoms with van der Waals surface area (Å²) in [7, 11) is 0. The molecule has 1 aliphatic rings. The Labute approximate surface area is 144 Å². The summed E-state index contributed by atoms with van der Waals surface area (Å²) in [6.07, 6.45) is 0. The van der Waals surface area contributed by atoms with Crippen LogP contribution in [0.3, 0.4) is 0 Å². The lowest BCUT2D eigenvalue weighted by Gasteiger charge is -2.34. The van der Waals surface area contributed by atoms with Crippen molar-refractivity contribution < 1.29 is 33.7 Å². The minimum Gasteiger partial charge on any atom is -0.482 e. The number of benzene rings is 1. The number of hydrogen-bond acceptors (Lipinski definition) is 8. The number of aliphatic carboxylic acids is 1. The fourth-order valence-electron chi connectivity index (χ4n) is 1.98. The van der Waals surface area contributed by atoms with Gasteiger partial charge in [0.1, 0.15) is 11.4 Å². The van der Waals surface area contributed by atoms with Gasteiger partial charge in [-0.25, -0.2) is 19.8 Å². The van der Waals surface area contributed by atoms with Crippen molar-refractivity contribution in [2.24, 2.45) is 0 Å². The monoisotopic (exact) mass is 352 g/mol. The number of ether oxygens (including phenoxy) is 3. The molecular formula is C16H20N2O7. The van der Waals surface area contributed by atoms with Crippen LogP contribution < -0.4 is 15.2 Å². The third-order valence-electron chi connectivity index (χ3n) is 3.01. The first kappa shape index (κ1) is 18.5. The van der Waals surface area contributed by atoms with Gasteiger partial charge in [-0.15, -0.1) is 0 Å². The molecule has 0 saturated carbocycles. The van der Waals surface area contributed by atoms with E-state index in [9.17, 15) is 14.4 Å². The number of hydrogen-bond donors (Lipinski definition) is 2. The van der Waals surface area contributed by atoms with E-state index in [1.54, 1.807) is 45.0 Å². The van der Waals surface area contributed by atoms with Crippen molar-refractivity contribution in [2.45, 2.75) is 32.4 Å². The Balaban J connectivity index is 2.03. The van der Waals surface area contributed by atoms with Gasteiger partial charge in [-0.2, -0.15) is 0 Å². The number of cyclic esters (lactones) is 1. The van der Waals surface area contributed by atoms with E-state index in [4.69, 9.17) is 19.3 Å². The lowest BCUT2D eigenvalue weighted by Crippen LogP contribution is -2.60. The van der Waals surface area contributed by atoms with E-state index in [1.807, 2.05) is 0 Å². The summed E-state index contributed by atoms with van der Waals surface area (Å²) in [5, 5.41) is 10.1. The quantitative estimate of drug-likeness (QED) is 0.583. The lowest BCUT2D eigenvalue weighted by atomic mass is 10.2. The third kappa shape index (κ3) is 5.35. The Hall–Kier alpha value is -2.81. The van der Waals surface area contributed by atoms with Gasteiger partial charge >= 0.3 is 17.9 Å². The van der Waals surface area contributed by atoms with Crippen LogP contribution in [0.1, 0.15) is 20.8 Å². The van der Waals surface area contributed by atoms with Crippen LogP contribution in [0.15, 0.2) is 24.3 Å². The summed E-state index contributed by atoms with van der Waals surface area (Å²) in [4.78, 5) is 34.4. The number of esters is 2. The number of carboxylic acid groups (broad SMARTS) is 1. The fourth-order valence-corrected chi connectivity index (χ4v) is 1.98. The van der Waals surface area contributed by atoms with Crippen molar-refractivity contribution in [3.63, 3.8) is 0 Å². The van der Waals surface area contributed by atoms with Crippen LogP contribution in [0.5, 0.6) is 5.75 Å².